The van der Waals surface area contributed by atoms with Crippen molar-refractivity contribution in [3.8, 4) is 16.9 Å². The van der Waals surface area contributed by atoms with Crippen molar-refractivity contribution in [1.29, 1.82) is 0 Å². The number of aryl methyl sites for hydroxylation is 1. The summed E-state index contributed by atoms with van der Waals surface area (Å²) in [5.41, 5.74) is 4.10. The standard InChI is InChI=1S/C26H26N6O/c1-20-8-10-22(11-9-20)32-19-23(21-6-3-2-4-7-21)29-24(32)18-25(33)30-14-16-31(17-15-30)26-27-12-5-13-28-26/h2-13,19H,14-18H2,1H3. The van der Waals surface area contributed by atoms with Gasteiger partial charge in [0.25, 0.3) is 0 Å². The van der Waals surface area contributed by atoms with E-state index in [0.29, 0.717) is 19.0 Å². The summed E-state index contributed by atoms with van der Waals surface area (Å²) in [4.78, 5) is 30.7. The van der Waals surface area contributed by atoms with E-state index < -0.39 is 0 Å². The van der Waals surface area contributed by atoms with Gasteiger partial charge in [0.2, 0.25) is 11.9 Å². The Morgan fingerprint density at radius 3 is 2.27 bits per heavy atom. The molecule has 0 bridgehead atoms. The molecule has 4 aromatic rings. The van der Waals surface area contributed by atoms with Crippen molar-refractivity contribution in [2.45, 2.75) is 13.3 Å². The minimum atomic E-state index is 0.0854. The Kier molecular flexibility index (Phi) is 5.85. The molecule has 0 saturated carbocycles. The first-order valence-corrected chi connectivity index (χ1v) is 11.2. The zero-order valence-corrected chi connectivity index (χ0v) is 18.6. The molecule has 1 aliphatic heterocycles. The fraction of sp³-hybridized carbons (Fsp3) is 0.231. The Hall–Kier alpha value is -4.00. The molecule has 1 amide bonds. The van der Waals surface area contributed by atoms with Gasteiger partial charge >= 0.3 is 0 Å². The average Bonchev–Trinajstić information content (AvgIpc) is 3.29. The molecule has 7 heteroatoms. The van der Waals surface area contributed by atoms with Crippen LogP contribution in [0.4, 0.5) is 5.95 Å². The first kappa shape index (κ1) is 20.9. The van der Waals surface area contributed by atoms with Crippen LogP contribution in [-0.4, -0.2) is 56.5 Å². The van der Waals surface area contributed by atoms with Gasteiger partial charge in [0.05, 0.1) is 12.1 Å². The van der Waals surface area contributed by atoms with Gasteiger partial charge in [-0.15, -0.1) is 0 Å². The molecule has 166 valence electrons. The summed E-state index contributed by atoms with van der Waals surface area (Å²) in [6.45, 7) is 4.80. The third-order valence-electron chi connectivity index (χ3n) is 5.94. The number of rotatable bonds is 5. The van der Waals surface area contributed by atoms with Gasteiger partial charge in [0, 0.05) is 56.0 Å². The van der Waals surface area contributed by atoms with Crippen LogP contribution in [0.2, 0.25) is 0 Å². The smallest absolute Gasteiger partial charge is 0.230 e. The predicted octanol–water partition coefficient (Wildman–Crippen LogP) is 3.53. The van der Waals surface area contributed by atoms with Gasteiger partial charge in [-0.25, -0.2) is 15.0 Å². The predicted molar refractivity (Wildman–Crippen MR) is 128 cm³/mol. The normalized spacial score (nSPS) is 13.8. The van der Waals surface area contributed by atoms with Gasteiger partial charge in [-0.2, -0.15) is 0 Å². The second-order valence-electron chi connectivity index (χ2n) is 8.21. The summed E-state index contributed by atoms with van der Waals surface area (Å²) in [6, 6.07) is 20.2. The van der Waals surface area contributed by atoms with Crippen LogP contribution in [0, 0.1) is 6.92 Å². The molecule has 0 unspecified atom stereocenters. The van der Waals surface area contributed by atoms with Gasteiger partial charge in [-0.1, -0.05) is 48.0 Å². The van der Waals surface area contributed by atoms with E-state index in [-0.39, 0.29) is 12.3 Å². The molecular formula is C26H26N6O. The Balaban J connectivity index is 1.35. The van der Waals surface area contributed by atoms with Crippen LogP contribution in [0.15, 0.2) is 79.3 Å². The maximum atomic E-state index is 13.2. The lowest BCUT2D eigenvalue weighted by Crippen LogP contribution is -2.49. The molecule has 33 heavy (non-hydrogen) atoms. The Labute approximate surface area is 193 Å². The van der Waals surface area contributed by atoms with Crippen LogP contribution in [0.3, 0.4) is 0 Å². The third-order valence-corrected chi connectivity index (χ3v) is 5.94. The number of hydrogen-bond acceptors (Lipinski definition) is 5. The molecule has 2 aromatic carbocycles. The minimum absolute atomic E-state index is 0.0854. The zero-order valence-electron chi connectivity index (χ0n) is 18.6. The topological polar surface area (TPSA) is 67.2 Å². The minimum Gasteiger partial charge on any atom is -0.339 e. The Morgan fingerprint density at radius 1 is 0.879 bits per heavy atom. The molecule has 5 rings (SSSR count). The summed E-state index contributed by atoms with van der Waals surface area (Å²) >= 11 is 0. The van der Waals surface area contributed by atoms with E-state index in [2.05, 4.69) is 46.1 Å². The highest BCUT2D eigenvalue weighted by molar-refractivity contribution is 5.79. The molecule has 0 radical (unpaired) electrons. The van der Waals surface area contributed by atoms with E-state index in [1.54, 1.807) is 12.4 Å². The van der Waals surface area contributed by atoms with Crippen LogP contribution < -0.4 is 4.90 Å². The maximum Gasteiger partial charge on any atom is 0.230 e. The molecule has 0 spiro atoms. The summed E-state index contributed by atoms with van der Waals surface area (Å²) in [6.07, 6.45) is 5.76. The number of nitrogens with zero attached hydrogens (tertiary/aromatic N) is 6. The van der Waals surface area contributed by atoms with Crippen molar-refractivity contribution < 1.29 is 4.79 Å². The number of piperazine rings is 1. The quantitative estimate of drug-likeness (QED) is 0.477. The van der Waals surface area contributed by atoms with Gasteiger partial charge in [-0.05, 0) is 25.1 Å². The second-order valence-corrected chi connectivity index (χ2v) is 8.21. The summed E-state index contributed by atoms with van der Waals surface area (Å²) in [5.74, 6) is 1.55. The van der Waals surface area contributed by atoms with E-state index in [1.807, 2.05) is 52.1 Å². The molecule has 2 aromatic heterocycles. The Bertz CT molecular complexity index is 1210. The summed E-state index contributed by atoms with van der Waals surface area (Å²) in [5, 5.41) is 0. The van der Waals surface area contributed by atoms with Crippen LogP contribution in [0.5, 0.6) is 0 Å². The van der Waals surface area contributed by atoms with Crippen LogP contribution in [-0.2, 0) is 11.2 Å². The lowest BCUT2D eigenvalue weighted by Gasteiger charge is -2.34. The molecule has 3 heterocycles. The molecule has 1 fully saturated rings. The van der Waals surface area contributed by atoms with Crippen molar-refractivity contribution >= 4 is 11.9 Å². The molecule has 0 atom stereocenters. The number of carbonyl (C=O) groups excluding carboxylic acids is 1. The van der Waals surface area contributed by atoms with Gasteiger partial charge in [0.15, 0.2) is 0 Å². The molecular weight excluding hydrogens is 412 g/mol. The van der Waals surface area contributed by atoms with Crippen molar-refractivity contribution in [3.05, 3.63) is 90.6 Å². The number of anilines is 1. The van der Waals surface area contributed by atoms with Gasteiger partial charge in [-0.3, -0.25) is 4.79 Å². The number of imidazole rings is 1. The van der Waals surface area contributed by atoms with Gasteiger partial charge in [0.1, 0.15) is 5.82 Å². The number of amides is 1. The highest BCUT2D eigenvalue weighted by atomic mass is 16.2. The van der Waals surface area contributed by atoms with E-state index in [0.717, 1.165) is 35.9 Å². The van der Waals surface area contributed by atoms with Crippen molar-refractivity contribution in [1.82, 2.24) is 24.4 Å². The van der Waals surface area contributed by atoms with Crippen molar-refractivity contribution in [2.75, 3.05) is 31.1 Å². The van der Waals surface area contributed by atoms with Gasteiger partial charge < -0.3 is 14.4 Å². The van der Waals surface area contributed by atoms with Crippen LogP contribution in [0.25, 0.3) is 16.9 Å². The number of benzene rings is 2. The first-order valence-electron chi connectivity index (χ1n) is 11.2. The maximum absolute atomic E-state index is 13.2. The zero-order chi connectivity index (χ0) is 22.6. The van der Waals surface area contributed by atoms with E-state index in [4.69, 9.17) is 4.98 Å². The molecule has 7 nitrogen and oxygen atoms in total. The van der Waals surface area contributed by atoms with E-state index >= 15 is 0 Å². The number of aromatic nitrogens is 4. The first-order chi connectivity index (χ1) is 16.2. The molecule has 1 aliphatic rings. The number of carbonyl (C=O) groups is 1. The lowest BCUT2D eigenvalue weighted by molar-refractivity contribution is -0.130. The van der Waals surface area contributed by atoms with Crippen molar-refractivity contribution in [2.24, 2.45) is 0 Å². The van der Waals surface area contributed by atoms with Crippen LogP contribution >= 0.6 is 0 Å². The molecule has 0 aliphatic carbocycles. The van der Waals surface area contributed by atoms with E-state index in [1.165, 1.54) is 5.56 Å². The molecule has 1 saturated heterocycles. The highest BCUT2D eigenvalue weighted by Gasteiger charge is 2.24. The van der Waals surface area contributed by atoms with E-state index in [9.17, 15) is 4.79 Å². The number of hydrogen-bond donors (Lipinski definition) is 0. The van der Waals surface area contributed by atoms with Crippen molar-refractivity contribution in [3.63, 3.8) is 0 Å². The largest absolute Gasteiger partial charge is 0.339 e. The Morgan fingerprint density at radius 2 is 1.58 bits per heavy atom. The average molecular weight is 439 g/mol. The fourth-order valence-corrected chi connectivity index (χ4v) is 4.08. The molecule has 0 N–H and O–H groups in total. The summed E-state index contributed by atoms with van der Waals surface area (Å²) in [7, 11) is 0. The lowest BCUT2D eigenvalue weighted by atomic mass is 10.2. The third kappa shape index (κ3) is 4.62. The monoisotopic (exact) mass is 438 g/mol. The summed E-state index contributed by atoms with van der Waals surface area (Å²) < 4.78 is 2.04. The fourth-order valence-electron chi connectivity index (χ4n) is 4.08. The highest BCUT2D eigenvalue weighted by Crippen LogP contribution is 2.23. The second kappa shape index (κ2) is 9.24. The van der Waals surface area contributed by atoms with Crippen LogP contribution in [0.1, 0.15) is 11.4 Å². The SMILES string of the molecule is Cc1ccc(-n2cc(-c3ccccc3)nc2CC(=O)N2CCN(c3ncccn3)CC2)cc1.